The first-order valence-electron chi connectivity index (χ1n) is 16.7. The average molecular weight is 860 g/mol. The zero-order valence-corrected chi connectivity index (χ0v) is 32.1. The van der Waals surface area contributed by atoms with Gasteiger partial charge in [-0.1, -0.05) is 12.8 Å². The number of nitrogens with zero attached hydrogens (tertiary/aromatic N) is 3. The number of thioether (sulfide) groups is 1. The lowest BCUT2D eigenvalue weighted by Gasteiger charge is -2.34. The second-order valence-electron chi connectivity index (χ2n) is 12.6. The van der Waals surface area contributed by atoms with E-state index in [1.165, 1.54) is 0 Å². The Hall–Kier alpha value is -2.96. The molecule has 5 rings (SSSR count). The highest BCUT2D eigenvalue weighted by Crippen LogP contribution is 2.63. The van der Waals surface area contributed by atoms with Crippen LogP contribution in [0.2, 0.25) is 0 Å². The summed E-state index contributed by atoms with van der Waals surface area (Å²) in [5, 5.41) is 29.7. The Kier molecular flexibility index (Phi) is 14.2. The van der Waals surface area contributed by atoms with Gasteiger partial charge in [-0.2, -0.15) is 16.7 Å². The van der Waals surface area contributed by atoms with Crippen LogP contribution in [0.25, 0.3) is 11.2 Å². The van der Waals surface area contributed by atoms with Crippen molar-refractivity contribution in [1.29, 1.82) is 0 Å². The van der Waals surface area contributed by atoms with Crippen molar-refractivity contribution in [2.75, 3.05) is 24.6 Å². The fourth-order valence-corrected chi connectivity index (χ4v) is 10.9. The third kappa shape index (κ3) is 11.8. The van der Waals surface area contributed by atoms with E-state index in [2.05, 4.69) is 48.6 Å². The van der Waals surface area contributed by atoms with Crippen LogP contribution in [0.5, 0.6) is 0 Å². The molecule has 0 aliphatic carbocycles. The summed E-state index contributed by atoms with van der Waals surface area (Å²) in [7, 11) is -18.3. The van der Waals surface area contributed by atoms with Gasteiger partial charge in [-0.15, -0.1) is 0 Å². The summed E-state index contributed by atoms with van der Waals surface area (Å²) in [5.74, 6) is -1.04. The summed E-state index contributed by atoms with van der Waals surface area (Å²) in [6, 6.07) is 0.0876. The molecule has 0 saturated carbocycles. The van der Waals surface area contributed by atoms with E-state index in [1.807, 2.05) is 0 Å². The molecule has 0 aromatic carbocycles. The topological polar surface area (TPSA) is 384 Å². The number of urea groups is 1. The number of phosphoric acid groups is 3. The Labute approximate surface area is 315 Å². The molecule has 3 aliphatic heterocycles. The molecule has 8 N–H and O–H groups in total. The number of carbonyl (C=O) groups is 3. The maximum atomic E-state index is 12.2. The van der Waals surface area contributed by atoms with Crippen LogP contribution in [0.3, 0.4) is 0 Å². The predicted octanol–water partition coefficient (Wildman–Crippen LogP) is -2.28. The summed E-state index contributed by atoms with van der Waals surface area (Å²) >= 11 is 1.79. The number of nitrogens with one attached hydrogen (secondary N) is 4. The minimum absolute atomic E-state index is 0.0843. The van der Waals surface area contributed by atoms with E-state index in [9.17, 15) is 57.8 Å². The number of phosphoric ester groups is 2. The van der Waals surface area contributed by atoms with Crippen LogP contribution in [0.1, 0.15) is 57.6 Å². The third-order valence-corrected chi connectivity index (χ3v) is 14.1. The highest BCUT2D eigenvalue weighted by molar-refractivity contribution is 8.00. The molecule has 55 heavy (non-hydrogen) atoms. The maximum Gasteiger partial charge on any atom is 0.328 e. The SMILES string of the molecule is Nc1nc2c(ncn2[C@@H]2O[C@H](COP(=O)([O-])OP(=O)([O-])OP(=O)([O-])OC(=O)CCCCCNC(=O)CCCCC3SCC4NC(=O)NC43)[C@H](O)C2O)c(=O)[nH]1. The molecule has 7 unspecified atom stereocenters. The Morgan fingerprint density at radius 3 is 2.51 bits per heavy atom. The van der Waals surface area contributed by atoms with Crippen molar-refractivity contribution in [3.05, 3.63) is 16.7 Å². The zero-order chi connectivity index (χ0) is 40.1. The van der Waals surface area contributed by atoms with Crippen LogP contribution in [0, 0.1) is 0 Å². The van der Waals surface area contributed by atoms with Crippen molar-refractivity contribution in [3.63, 3.8) is 0 Å². The molecule has 5 heterocycles. The van der Waals surface area contributed by atoms with Gasteiger partial charge in [-0.05, 0) is 25.7 Å². The predicted molar refractivity (Wildman–Crippen MR) is 181 cm³/mol. The van der Waals surface area contributed by atoms with Crippen LogP contribution < -0.4 is 41.9 Å². The van der Waals surface area contributed by atoms with Gasteiger partial charge in [0.2, 0.25) is 11.9 Å². The molecule has 3 saturated heterocycles. The number of anilines is 1. The van der Waals surface area contributed by atoms with Gasteiger partial charge in [0.15, 0.2) is 17.4 Å². The van der Waals surface area contributed by atoms with E-state index in [1.54, 1.807) is 11.8 Å². The first kappa shape index (κ1) is 43.2. The number of aromatic amines is 1. The van der Waals surface area contributed by atoms with Crippen LogP contribution in [0.15, 0.2) is 11.1 Å². The highest BCUT2D eigenvalue weighted by atomic mass is 32.2. The fraction of sp³-hybridized carbons (Fsp3) is 0.692. The summed E-state index contributed by atoms with van der Waals surface area (Å²) in [5.41, 5.74) is 4.42. The first-order valence-corrected chi connectivity index (χ1v) is 22.2. The summed E-state index contributed by atoms with van der Waals surface area (Å²) < 4.78 is 58.5. The number of ether oxygens (including phenoxy) is 1. The van der Waals surface area contributed by atoms with Crippen molar-refractivity contribution in [2.45, 2.75) is 93.2 Å². The highest BCUT2D eigenvalue weighted by Gasteiger charge is 2.45. The van der Waals surface area contributed by atoms with Crippen LogP contribution in [0.4, 0.5) is 10.7 Å². The maximum absolute atomic E-state index is 12.2. The zero-order valence-electron chi connectivity index (χ0n) is 28.6. The summed E-state index contributed by atoms with van der Waals surface area (Å²) in [4.78, 5) is 93.8. The monoisotopic (exact) mass is 859 g/mol. The molecule has 29 heteroatoms. The number of unbranched alkanes of at least 4 members (excludes halogenated alkanes) is 3. The lowest BCUT2D eigenvalue weighted by molar-refractivity contribution is -0.251. The molecule has 0 bridgehead atoms. The van der Waals surface area contributed by atoms with Crippen molar-refractivity contribution in [2.24, 2.45) is 0 Å². The van der Waals surface area contributed by atoms with Crippen molar-refractivity contribution >= 4 is 70.2 Å². The Morgan fingerprint density at radius 1 is 1.02 bits per heavy atom. The number of nitrogen functional groups attached to an aromatic ring is 1. The van der Waals surface area contributed by atoms with Gasteiger partial charge in [-0.3, -0.25) is 37.6 Å². The second kappa shape index (κ2) is 18.1. The molecular weight excluding hydrogens is 821 g/mol. The van der Waals surface area contributed by atoms with E-state index in [-0.39, 0.29) is 54.1 Å². The number of aromatic nitrogens is 4. The molecule has 3 aliphatic rings. The van der Waals surface area contributed by atoms with Gasteiger partial charge in [0.25, 0.3) is 21.2 Å². The number of aliphatic hydroxyl groups excluding tert-OH is 2. The number of rotatable bonds is 20. The van der Waals surface area contributed by atoms with Gasteiger partial charge in [0, 0.05) is 30.4 Å². The Bertz CT molecular complexity index is 1940. The largest absolute Gasteiger partial charge is 0.756 e. The number of hydrogen-bond acceptors (Lipinski definition) is 21. The van der Waals surface area contributed by atoms with Crippen molar-refractivity contribution in [1.82, 2.24) is 35.5 Å². The molecule has 308 valence electrons. The van der Waals surface area contributed by atoms with E-state index < -0.39 is 72.6 Å². The van der Waals surface area contributed by atoms with E-state index in [0.717, 1.165) is 29.5 Å². The minimum atomic E-state index is -6.32. The quantitative estimate of drug-likeness (QED) is 0.0419. The van der Waals surface area contributed by atoms with Crippen LogP contribution in [-0.4, -0.2) is 102 Å². The molecule has 2 aromatic rings. The number of aliphatic hydroxyl groups is 2. The minimum Gasteiger partial charge on any atom is -0.756 e. The number of nitrogens with two attached hydrogens (primary N) is 1. The normalized spacial score (nSPS) is 28.1. The van der Waals surface area contributed by atoms with Gasteiger partial charge in [0.1, 0.15) is 18.3 Å². The van der Waals surface area contributed by atoms with Gasteiger partial charge < -0.3 is 60.4 Å². The number of imidazole rings is 1. The lowest BCUT2D eigenvalue weighted by Crippen LogP contribution is -2.36. The van der Waals surface area contributed by atoms with Crippen LogP contribution >= 0.6 is 35.2 Å². The summed E-state index contributed by atoms with van der Waals surface area (Å²) in [6.45, 7) is -0.886. The Morgan fingerprint density at radius 2 is 1.75 bits per heavy atom. The fourth-order valence-electron chi connectivity index (χ4n) is 6.02. The number of hydrogen-bond donors (Lipinski definition) is 7. The third-order valence-electron chi connectivity index (χ3n) is 8.53. The number of fused-ring (bicyclic) bond motifs is 2. The average Bonchev–Trinajstić information content (AvgIpc) is 3.82. The standard InChI is InChI=1S/C26H41N8O17P3S/c27-25-32-22-19(23(39)33-25)29-12-34(22)24-21(38)20(37)14(48-24)10-47-52(41,42)50-54(45,46)51-53(43,44)49-17(36)8-2-1-5-9-28-16(35)7-4-3-6-15-18-13(11-55-15)30-26(40)31-18/h12-15,18,20-21,24,37-38H,1-11H2,(H,28,35)(H,41,42)(H,43,44)(H,45,46)(H2,30,31,40)(H3,27,32,33,39)/p-3/t13?,14-,15?,18?,20+,21?,24-/m1/s1. The molecule has 25 nitrogen and oxygen atoms in total. The molecular formula is C26H38N8O17P3S-3. The molecule has 3 fully saturated rings. The second-order valence-corrected chi connectivity index (χ2v) is 18.3. The Balaban J connectivity index is 0.953. The molecule has 2 aromatic heterocycles. The molecule has 0 radical (unpaired) electrons. The van der Waals surface area contributed by atoms with E-state index in [0.29, 0.717) is 30.9 Å². The van der Waals surface area contributed by atoms with Gasteiger partial charge in [-0.25, -0.2) is 18.4 Å². The molecule has 0 spiro atoms. The first-order chi connectivity index (χ1) is 25.8. The molecule has 3 amide bonds. The molecule has 10 atom stereocenters. The number of H-pyrrole nitrogens is 1. The van der Waals surface area contributed by atoms with E-state index >= 15 is 0 Å². The number of amides is 3. The van der Waals surface area contributed by atoms with Gasteiger partial charge >= 0.3 is 19.8 Å². The van der Waals surface area contributed by atoms with E-state index in [4.69, 9.17) is 10.5 Å². The smallest absolute Gasteiger partial charge is 0.328 e. The van der Waals surface area contributed by atoms with Crippen molar-refractivity contribution < 1.29 is 75.4 Å². The lowest BCUT2D eigenvalue weighted by atomic mass is 10.0. The van der Waals surface area contributed by atoms with Crippen LogP contribution in [-0.2, 0) is 45.7 Å². The van der Waals surface area contributed by atoms with Gasteiger partial charge in [0.05, 0.1) is 25.0 Å². The van der Waals surface area contributed by atoms with Crippen molar-refractivity contribution in [3.8, 4) is 0 Å². The number of carbonyl (C=O) groups excluding carboxylic acids is 3. The summed E-state index contributed by atoms with van der Waals surface area (Å²) in [6.07, 6.45) is -2.76.